The Kier molecular flexibility index (Phi) is 6.13. The molecule has 7 heteroatoms. The number of carbonyl (C=O) groups is 2. The first-order valence-corrected chi connectivity index (χ1v) is 11.0. The zero-order valence-electron chi connectivity index (χ0n) is 17.4. The summed E-state index contributed by atoms with van der Waals surface area (Å²) < 4.78 is 5.63. The number of anilines is 1. The molecule has 0 saturated carbocycles. The summed E-state index contributed by atoms with van der Waals surface area (Å²) in [6.07, 6.45) is 2.82. The van der Waals surface area contributed by atoms with Crippen LogP contribution in [0.3, 0.4) is 0 Å². The second-order valence-corrected chi connectivity index (χ2v) is 8.17. The summed E-state index contributed by atoms with van der Waals surface area (Å²) in [7, 11) is 0. The maximum absolute atomic E-state index is 12.5. The molecule has 0 radical (unpaired) electrons. The lowest BCUT2D eigenvalue weighted by Gasteiger charge is -2.03. The Morgan fingerprint density at radius 3 is 2.61 bits per heavy atom. The molecule has 0 bridgehead atoms. The van der Waals surface area contributed by atoms with E-state index in [1.54, 1.807) is 6.26 Å². The number of aromatic nitrogens is 1. The standard InChI is InChI=1S/C24H23N3O3S/c1-3-16-6-9-20-19(13-30-22(20)10-16)11-23(29)27-24-26-21(14-31-24)18-7-4-17(5-8-18)12-25-15(2)28/h4-10,13-14H,3,11-12H2,1-2H3,(H,25,28)(H,26,27,29). The maximum Gasteiger partial charge on any atom is 0.230 e. The van der Waals surface area contributed by atoms with Crippen LogP contribution in [0.2, 0.25) is 0 Å². The van der Waals surface area contributed by atoms with E-state index in [1.165, 1.54) is 23.8 Å². The predicted octanol–water partition coefficient (Wildman–Crippen LogP) is 4.94. The summed E-state index contributed by atoms with van der Waals surface area (Å²) in [6, 6.07) is 13.9. The van der Waals surface area contributed by atoms with E-state index >= 15 is 0 Å². The van der Waals surface area contributed by atoms with Gasteiger partial charge in [-0.05, 0) is 23.6 Å². The van der Waals surface area contributed by atoms with Gasteiger partial charge in [-0.2, -0.15) is 0 Å². The molecule has 2 aromatic heterocycles. The fourth-order valence-electron chi connectivity index (χ4n) is 3.30. The average Bonchev–Trinajstić information content (AvgIpc) is 3.39. The van der Waals surface area contributed by atoms with Crippen LogP contribution < -0.4 is 10.6 Å². The molecule has 0 aliphatic carbocycles. The fraction of sp³-hybridized carbons (Fsp3) is 0.208. The lowest BCUT2D eigenvalue weighted by atomic mass is 10.1. The van der Waals surface area contributed by atoms with Crippen molar-refractivity contribution < 1.29 is 14.0 Å². The largest absolute Gasteiger partial charge is 0.464 e. The Hall–Kier alpha value is -3.45. The van der Waals surface area contributed by atoms with Gasteiger partial charge in [-0.25, -0.2) is 4.98 Å². The van der Waals surface area contributed by atoms with Gasteiger partial charge in [-0.15, -0.1) is 11.3 Å². The SMILES string of the molecule is CCc1ccc2c(CC(=O)Nc3nc(-c4ccc(CNC(C)=O)cc4)cs3)coc2c1. The van der Waals surface area contributed by atoms with Crippen LogP contribution in [0.1, 0.15) is 30.5 Å². The molecule has 0 unspecified atom stereocenters. The zero-order valence-corrected chi connectivity index (χ0v) is 18.2. The van der Waals surface area contributed by atoms with Crippen LogP contribution in [-0.2, 0) is 29.0 Å². The van der Waals surface area contributed by atoms with Crippen molar-refractivity contribution in [1.82, 2.24) is 10.3 Å². The van der Waals surface area contributed by atoms with Crippen molar-refractivity contribution in [3.63, 3.8) is 0 Å². The van der Waals surface area contributed by atoms with Crippen LogP contribution in [0.5, 0.6) is 0 Å². The van der Waals surface area contributed by atoms with Crippen LogP contribution in [0.4, 0.5) is 5.13 Å². The van der Waals surface area contributed by atoms with Crippen molar-refractivity contribution >= 4 is 39.3 Å². The number of carbonyl (C=O) groups excluding carboxylic acids is 2. The molecule has 158 valence electrons. The third-order valence-electron chi connectivity index (χ3n) is 5.02. The Morgan fingerprint density at radius 1 is 1.10 bits per heavy atom. The number of benzene rings is 2. The molecule has 2 N–H and O–H groups in total. The molecule has 4 aromatic rings. The molecule has 4 rings (SSSR count). The van der Waals surface area contributed by atoms with Gasteiger partial charge in [0.1, 0.15) is 5.58 Å². The molecular weight excluding hydrogens is 410 g/mol. The molecule has 2 amide bonds. The number of fused-ring (bicyclic) bond motifs is 1. The summed E-state index contributed by atoms with van der Waals surface area (Å²) >= 11 is 1.39. The molecule has 6 nitrogen and oxygen atoms in total. The first-order valence-electron chi connectivity index (χ1n) is 10.1. The van der Waals surface area contributed by atoms with Crippen molar-refractivity contribution in [2.45, 2.75) is 33.2 Å². The lowest BCUT2D eigenvalue weighted by Crippen LogP contribution is -2.18. The molecule has 31 heavy (non-hydrogen) atoms. The fourth-order valence-corrected chi connectivity index (χ4v) is 4.04. The van der Waals surface area contributed by atoms with Gasteiger partial charge in [0.25, 0.3) is 0 Å². The molecule has 0 fully saturated rings. The number of rotatable bonds is 7. The first-order chi connectivity index (χ1) is 15.0. The quantitative estimate of drug-likeness (QED) is 0.433. The molecule has 2 heterocycles. The zero-order chi connectivity index (χ0) is 21.8. The maximum atomic E-state index is 12.5. The summed E-state index contributed by atoms with van der Waals surface area (Å²) in [4.78, 5) is 28.1. The van der Waals surface area contributed by atoms with Crippen LogP contribution in [0.15, 0.2) is 58.5 Å². The van der Waals surface area contributed by atoms with Gasteiger partial charge in [-0.3, -0.25) is 9.59 Å². The summed E-state index contributed by atoms with van der Waals surface area (Å²) in [5.74, 6) is -0.188. The van der Waals surface area contributed by atoms with E-state index in [0.717, 1.165) is 39.8 Å². The molecule has 2 aromatic carbocycles. The molecule has 0 aliphatic rings. The van der Waals surface area contributed by atoms with E-state index in [9.17, 15) is 9.59 Å². The summed E-state index contributed by atoms with van der Waals surface area (Å²) in [6.45, 7) is 4.09. The molecular formula is C24H23N3O3S. The van der Waals surface area contributed by atoms with Crippen molar-refractivity contribution in [2.75, 3.05) is 5.32 Å². The van der Waals surface area contributed by atoms with E-state index in [4.69, 9.17) is 4.42 Å². The highest BCUT2D eigenvalue weighted by Crippen LogP contribution is 2.26. The predicted molar refractivity (Wildman–Crippen MR) is 123 cm³/mol. The highest BCUT2D eigenvalue weighted by molar-refractivity contribution is 7.14. The topological polar surface area (TPSA) is 84.2 Å². The van der Waals surface area contributed by atoms with Gasteiger partial charge >= 0.3 is 0 Å². The second kappa shape index (κ2) is 9.14. The molecule has 0 saturated heterocycles. The van der Waals surface area contributed by atoms with Crippen molar-refractivity contribution in [3.05, 3.63) is 70.8 Å². The van der Waals surface area contributed by atoms with E-state index in [0.29, 0.717) is 11.7 Å². The van der Waals surface area contributed by atoms with Gasteiger partial charge in [0.05, 0.1) is 18.4 Å². The third-order valence-corrected chi connectivity index (χ3v) is 5.78. The number of furan rings is 1. The number of amides is 2. The number of nitrogens with one attached hydrogen (secondary N) is 2. The third kappa shape index (κ3) is 5.00. The average molecular weight is 434 g/mol. The molecule has 0 aliphatic heterocycles. The van der Waals surface area contributed by atoms with E-state index in [1.807, 2.05) is 41.8 Å². The highest BCUT2D eigenvalue weighted by atomic mass is 32.1. The molecule has 0 spiro atoms. The number of hydrogen-bond acceptors (Lipinski definition) is 5. The van der Waals surface area contributed by atoms with E-state index in [-0.39, 0.29) is 18.2 Å². The van der Waals surface area contributed by atoms with Crippen LogP contribution >= 0.6 is 11.3 Å². The van der Waals surface area contributed by atoms with Crippen molar-refractivity contribution in [1.29, 1.82) is 0 Å². The van der Waals surface area contributed by atoms with Crippen molar-refractivity contribution in [3.8, 4) is 11.3 Å². The minimum atomic E-state index is -0.131. The smallest absolute Gasteiger partial charge is 0.230 e. The number of thiazole rings is 1. The monoisotopic (exact) mass is 433 g/mol. The van der Waals surface area contributed by atoms with Gasteiger partial charge in [-0.1, -0.05) is 43.3 Å². The summed E-state index contributed by atoms with van der Waals surface area (Å²) in [5.41, 5.74) is 5.64. The van der Waals surface area contributed by atoms with Gasteiger partial charge < -0.3 is 15.1 Å². The van der Waals surface area contributed by atoms with E-state index < -0.39 is 0 Å². The molecule has 0 atom stereocenters. The van der Waals surface area contributed by atoms with Crippen LogP contribution in [0, 0.1) is 0 Å². The minimum Gasteiger partial charge on any atom is -0.464 e. The number of aryl methyl sites for hydroxylation is 1. The van der Waals surface area contributed by atoms with E-state index in [2.05, 4.69) is 28.6 Å². The Morgan fingerprint density at radius 2 is 1.87 bits per heavy atom. The number of nitrogens with zero attached hydrogens (tertiary/aromatic N) is 1. The Balaban J connectivity index is 1.39. The van der Waals surface area contributed by atoms with Crippen LogP contribution in [-0.4, -0.2) is 16.8 Å². The second-order valence-electron chi connectivity index (χ2n) is 7.31. The van der Waals surface area contributed by atoms with Gasteiger partial charge in [0.2, 0.25) is 11.8 Å². The first kappa shape index (κ1) is 20.8. The minimum absolute atomic E-state index is 0.0573. The van der Waals surface area contributed by atoms with Gasteiger partial charge in [0, 0.05) is 35.4 Å². The van der Waals surface area contributed by atoms with Crippen LogP contribution in [0.25, 0.3) is 22.2 Å². The Labute approximate surface area is 184 Å². The normalized spacial score (nSPS) is 10.9. The summed E-state index contributed by atoms with van der Waals surface area (Å²) in [5, 5.41) is 9.09. The lowest BCUT2D eigenvalue weighted by molar-refractivity contribution is -0.119. The Bertz CT molecular complexity index is 1220. The van der Waals surface area contributed by atoms with Gasteiger partial charge in [0.15, 0.2) is 5.13 Å². The van der Waals surface area contributed by atoms with Crippen molar-refractivity contribution in [2.24, 2.45) is 0 Å². The number of hydrogen-bond donors (Lipinski definition) is 2. The highest BCUT2D eigenvalue weighted by Gasteiger charge is 2.13.